The summed E-state index contributed by atoms with van der Waals surface area (Å²) in [4.78, 5) is 23.2. The third-order valence-electron chi connectivity index (χ3n) is 3.81. The van der Waals surface area contributed by atoms with E-state index in [1.807, 2.05) is 0 Å². The van der Waals surface area contributed by atoms with Crippen LogP contribution in [-0.2, 0) is 9.59 Å². The summed E-state index contributed by atoms with van der Waals surface area (Å²) >= 11 is 0. The first-order chi connectivity index (χ1) is 6.67. The fraction of sp³-hybridized carbons (Fsp3) is 0.818. The van der Waals surface area contributed by atoms with Crippen LogP contribution in [0.3, 0.4) is 0 Å². The number of carbonyl (C=O) groups is 2. The molecule has 14 heavy (non-hydrogen) atoms. The van der Waals surface area contributed by atoms with Gasteiger partial charge in [-0.2, -0.15) is 0 Å². The van der Waals surface area contributed by atoms with Crippen molar-refractivity contribution in [2.24, 2.45) is 11.3 Å². The molecule has 0 unspecified atom stereocenters. The molecule has 3 nitrogen and oxygen atoms in total. The number of hydrogen-bond acceptors (Lipinski definition) is 2. The van der Waals surface area contributed by atoms with Gasteiger partial charge in [-0.25, -0.2) is 0 Å². The molecule has 0 heterocycles. The molecule has 2 atom stereocenters. The van der Waals surface area contributed by atoms with Crippen LogP contribution in [0.1, 0.15) is 44.9 Å². The molecule has 2 saturated carbocycles. The standard InChI is InChI=1S/C11H16O3/c12-9-8-4-1-2-6-11(9,10(13)14)7-3-5-8/h8H,1-7H2,(H,13,14)/t8-,11-/m1/s1. The van der Waals surface area contributed by atoms with E-state index in [0.29, 0.717) is 12.8 Å². The lowest BCUT2D eigenvalue weighted by atomic mass is 9.67. The van der Waals surface area contributed by atoms with Crippen molar-refractivity contribution in [3.05, 3.63) is 0 Å². The largest absolute Gasteiger partial charge is 0.480 e. The lowest BCUT2D eigenvalue weighted by molar-refractivity contribution is -0.159. The number of carboxylic acid groups (broad SMARTS) is 1. The van der Waals surface area contributed by atoms with Gasteiger partial charge in [0, 0.05) is 5.92 Å². The van der Waals surface area contributed by atoms with Crippen molar-refractivity contribution in [1.29, 1.82) is 0 Å². The van der Waals surface area contributed by atoms with E-state index in [-0.39, 0.29) is 11.7 Å². The molecule has 0 aromatic carbocycles. The Balaban J connectivity index is 2.34. The van der Waals surface area contributed by atoms with Crippen LogP contribution in [0.25, 0.3) is 0 Å². The molecule has 0 aromatic heterocycles. The van der Waals surface area contributed by atoms with Crippen LogP contribution >= 0.6 is 0 Å². The average molecular weight is 196 g/mol. The average Bonchev–Trinajstić information content (AvgIpc) is 2.27. The first-order valence-corrected chi connectivity index (χ1v) is 5.44. The summed E-state index contributed by atoms with van der Waals surface area (Å²) in [7, 11) is 0. The van der Waals surface area contributed by atoms with Crippen molar-refractivity contribution < 1.29 is 14.7 Å². The highest BCUT2D eigenvalue weighted by molar-refractivity contribution is 6.04. The molecule has 0 aliphatic heterocycles. The maximum atomic E-state index is 12.0. The molecular formula is C11H16O3. The molecule has 1 N–H and O–H groups in total. The van der Waals surface area contributed by atoms with Gasteiger partial charge in [-0.15, -0.1) is 0 Å². The van der Waals surface area contributed by atoms with Gasteiger partial charge in [0.15, 0.2) is 5.78 Å². The van der Waals surface area contributed by atoms with E-state index in [1.54, 1.807) is 0 Å². The number of Topliss-reactive ketones (excluding diaryl/α,β-unsaturated/α-hetero) is 1. The van der Waals surface area contributed by atoms with Gasteiger partial charge in [-0.05, 0) is 25.7 Å². The Kier molecular flexibility index (Phi) is 2.33. The minimum absolute atomic E-state index is 0.0220. The van der Waals surface area contributed by atoms with E-state index in [9.17, 15) is 14.7 Å². The minimum atomic E-state index is -1.00. The number of carbonyl (C=O) groups excluding carboxylic acids is 1. The molecule has 78 valence electrons. The minimum Gasteiger partial charge on any atom is -0.480 e. The van der Waals surface area contributed by atoms with E-state index < -0.39 is 11.4 Å². The van der Waals surface area contributed by atoms with Crippen molar-refractivity contribution >= 4 is 11.8 Å². The lowest BCUT2D eigenvalue weighted by Gasteiger charge is -2.33. The van der Waals surface area contributed by atoms with Gasteiger partial charge in [-0.1, -0.05) is 19.3 Å². The number of hydrogen-bond donors (Lipinski definition) is 1. The van der Waals surface area contributed by atoms with Crippen molar-refractivity contribution in [2.75, 3.05) is 0 Å². The summed E-state index contributed by atoms with van der Waals surface area (Å²) in [6, 6.07) is 0. The van der Waals surface area contributed by atoms with Crippen LogP contribution < -0.4 is 0 Å². The van der Waals surface area contributed by atoms with Crippen LogP contribution in [0.2, 0.25) is 0 Å². The summed E-state index contributed by atoms with van der Waals surface area (Å²) in [5, 5.41) is 9.22. The summed E-state index contributed by atoms with van der Waals surface area (Å²) in [6.07, 6.45) is 5.78. The molecule has 2 aliphatic rings. The lowest BCUT2D eigenvalue weighted by Crippen LogP contribution is -2.44. The number of carboxylic acids is 1. The zero-order valence-corrected chi connectivity index (χ0v) is 8.29. The fourth-order valence-corrected chi connectivity index (χ4v) is 2.96. The Morgan fingerprint density at radius 3 is 2.57 bits per heavy atom. The molecule has 0 radical (unpaired) electrons. The second-order valence-corrected chi connectivity index (χ2v) is 4.59. The first kappa shape index (κ1) is 9.69. The molecule has 2 aliphatic carbocycles. The summed E-state index contributed by atoms with van der Waals surface area (Å²) in [6.45, 7) is 0. The predicted molar refractivity (Wildman–Crippen MR) is 50.9 cm³/mol. The molecule has 0 aromatic rings. The summed E-state index contributed by atoms with van der Waals surface area (Å²) in [5.41, 5.74) is -1.00. The number of rotatable bonds is 1. The van der Waals surface area contributed by atoms with Crippen molar-refractivity contribution in [2.45, 2.75) is 44.9 Å². The zero-order chi connectivity index (χ0) is 10.2. The molecule has 3 heteroatoms. The Hall–Kier alpha value is -0.860. The number of aliphatic carboxylic acids is 1. The van der Waals surface area contributed by atoms with Crippen LogP contribution in [0.15, 0.2) is 0 Å². The van der Waals surface area contributed by atoms with Crippen molar-refractivity contribution in [1.82, 2.24) is 0 Å². The van der Waals surface area contributed by atoms with E-state index in [0.717, 1.165) is 32.1 Å². The van der Waals surface area contributed by atoms with Crippen molar-refractivity contribution in [3.63, 3.8) is 0 Å². The molecule has 0 amide bonds. The van der Waals surface area contributed by atoms with Crippen LogP contribution in [0.5, 0.6) is 0 Å². The monoisotopic (exact) mass is 196 g/mol. The molecular weight excluding hydrogens is 180 g/mol. The van der Waals surface area contributed by atoms with Gasteiger partial charge in [0.1, 0.15) is 5.41 Å². The quantitative estimate of drug-likeness (QED) is 0.652. The van der Waals surface area contributed by atoms with E-state index in [4.69, 9.17) is 0 Å². The first-order valence-electron chi connectivity index (χ1n) is 5.44. The third kappa shape index (κ3) is 1.26. The van der Waals surface area contributed by atoms with E-state index >= 15 is 0 Å². The van der Waals surface area contributed by atoms with E-state index in [2.05, 4.69) is 0 Å². The Morgan fingerprint density at radius 1 is 1.21 bits per heavy atom. The Bertz CT molecular complexity index is 272. The van der Waals surface area contributed by atoms with Gasteiger partial charge < -0.3 is 5.11 Å². The maximum absolute atomic E-state index is 12.0. The fourth-order valence-electron chi connectivity index (χ4n) is 2.96. The van der Waals surface area contributed by atoms with E-state index in [1.165, 1.54) is 0 Å². The van der Waals surface area contributed by atoms with Gasteiger partial charge in [0.05, 0.1) is 0 Å². The topological polar surface area (TPSA) is 54.4 Å². The highest BCUT2D eigenvalue weighted by Crippen LogP contribution is 2.44. The predicted octanol–water partition coefficient (Wildman–Crippen LogP) is 2.00. The second-order valence-electron chi connectivity index (χ2n) is 4.59. The van der Waals surface area contributed by atoms with Gasteiger partial charge in [-0.3, -0.25) is 9.59 Å². The number of fused-ring (bicyclic) bond motifs is 2. The van der Waals surface area contributed by atoms with Crippen LogP contribution in [0.4, 0.5) is 0 Å². The highest BCUT2D eigenvalue weighted by Gasteiger charge is 2.50. The van der Waals surface area contributed by atoms with Gasteiger partial charge >= 0.3 is 5.97 Å². The summed E-state index contributed by atoms with van der Waals surface area (Å²) in [5.74, 6) is -0.815. The van der Waals surface area contributed by atoms with Gasteiger partial charge in [0.25, 0.3) is 0 Å². The zero-order valence-electron chi connectivity index (χ0n) is 8.29. The number of ketones is 1. The Morgan fingerprint density at radius 2 is 1.86 bits per heavy atom. The van der Waals surface area contributed by atoms with Crippen LogP contribution in [-0.4, -0.2) is 16.9 Å². The van der Waals surface area contributed by atoms with Gasteiger partial charge in [0.2, 0.25) is 0 Å². The summed E-state index contributed by atoms with van der Waals surface area (Å²) < 4.78 is 0. The SMILES string of the molecule is O=C(O)[C@]12CCCC[C@H](CCC1)C2=O. The highest BCUT2D eigenvalue weighted by atomic mass is 16.4. The smallest absolute Gasteiger partial charge is 0.317 e. The molecule has 0 spiro atoms. The normalized spacial score (nSPS) is 37.7. The second kappa shape index (κ2) is 3.37. The molecule has 2 rings (SSSR count). The molecule has 2 fully saturated rings. The Labute approximate surface area is 83.5 Å². The third-order valence-corrected chi connectivity index (χ3v) is 3.81. The van der Waals surface area contributed by atoms with Crippen molar-refractivity contribution in [3.8, 4) is 0 Å². The molecule has 0 saturated heterocycles. The maximum Gasteiger partial charge on any atom is 0.317 e. The van der Waals surface area contributed by atoms with Crippen LogP contribution in [0, 0.1) is 11.3 Å². The molecule has 2 bridgehead atoms.